The molecular weight excluding hydrogens is 294 g/mol. The number of nitrogen functional groups attached to an aromatic ring is 1. The largest absolute Gasteiger partial charge is 0.398 e. The van der Waals surface area contributed by atoms with Crippen molar-refractivity contribution in [2.75, 3.05) is 5.73 Å². The zero-order valence-electron chi connectivity index (χ0n) is 10.4. The van der Waals surface area contributed by atoms with E-state index < -0.39 is 6.04 Å². The van der Waals surface area contributed by atoms with E-state index in [0.29, 0.717) is 27.6 Å². The lowest BCUT2D eigenvalue weighted by atomic mass is 10.0. The molecular formula is C13H11N3O2S2. The number of carbonyl (C=O) groups is 2. The SMILES string of the molecule is Nc1cccc2c1C(=S)N(C1CCC(=O)NC1=O)C2=S. The number of fused-ring (bicyclic) bond motifs is 1. The molecule has 2 heterocycles. The van der Waals surface area contributed by atoms with E-state index in [1.54, 1.807) is 17.0 Å². The van der Waals surface area contributed by atoms with Crippen LogP contribution in [0.5, 0.6) is 0 Å². The Morgan fingerprint density at radius 1 is 1.25 bits per heavy atom. The first-order valence-corrected chi connectivity index (χ1v) is 6.92. The van der Waals surface area contributed by atoms with Crippen molar-refractivity contribution in [1.29, 1.82) is 0 Å². The fourth-order valence-electron chi connectivity index (χ4n) is 2.54. The molecule has 0 aliphatic carbocycles. The normalized spacial score (nSPS) is 22.0. The summed E-state index contributed by atoms with van der Waals surface area (Å²) in [5.41, 5.74) is 7.97. The molecule has 1 aromatic rings. The van der Waals surface area contributed by atoms with Gasteiger partial charge in [0.05, 0.1) is 0 Å². The minimum absolute atomic E-state index is 0.265. The van der Waals surface area contributed by atoms with Gasteiger partial charge in [-0.05, 0) is 12.5 Å². The van der Waals surface area contributed by atoms with Gasteiger partial charge in [0.1, 0.15) is 16.0 Å². The van der Waals surface area contributed by atoms with Gasteiger partial charge < -0.3 is 10.6 Å². The van der Waals surface area contributed by atoms with Crippen LogP contribution in [0.25, 0.3) is 0 Å². The number of rotatable bonds is 1. The Morgan fingerprint density at radius 3 is 2.65 bits per heavy atom. The van der Waals surface area contributed by atoms with Crippen LogP contribution in [-0.4, -0.2) is 32.7 Å². The number of nitrogens with one attached hydrogen (secondary N) is 1. The highest BCUT2D eigenvalue weighted by Crippen LogP contribution is 2.32. The number of imide groups is 1. The quantitative estimate of drug-likeness (QED) is 0.453. The predicted octanol–water partition coefficient (Wildman–Crippen LogP) is 0.741. The summed E-state index contributed by atoms with van der Waals surface area (Å²) in [5.74, 6) is -0.628. The molecule has 1 saturated heterocycles. The van der Waals surface area contributed by atoms with Gasteiger partial charge in [-0.3, -0.25) is 14.9 Å². The predicted molar refractivity (Wildman–Crippen MR) is 82.3 cm³/mol. The maximum atomic E-state index is 12.0. The average molecular weight is 305 g/mol. The fourth-order valence-corrected chi connectivity index (χ4v) is 3.43. The average Bonchev–Trinajstić information content (AvgIpc) is 2.64. The van der Waals surface area contributed by atoms with Crippen molar-refractivity contribution in [1.82, 2.24) is 10.2 Å². The molecule has 3 rings (SSSR count). The van der Waals surface area contributed by atoms with E-state index >= 15 is 0 Å². The van der Waals surface area contributed by atoms with E-state index in [1.165, 1.54) is 0 Å². The molecule has 1 aromatic carbocycles. The van der Waals surface area contributed by atoms with Gasteiger partial charge in [-0.2, -0.15) is 0 Å². The topological polar surface area (TPSA) is 75.4 Å². The van der Waals surface area contributed by atoms with Crippen LogP contribution in [0.15, 0.2) is 18.2 Å². The molecule has 1 atom stereocenters. The van der Waals surface area contributed by atoms with Gasteiger partial charge in [0, 0.05) is 23.2 Å². The molecule has 0 radical (unpaired) electrons. The van der Waals surface area contributed by atoms with E-state index in [1.807, 2.05) is 6.07 Å². The summed E-state index contributed by atoms with van der Waals surface area (Å²) in [6.07, 6.45) is 0.683. The van der Waals surface area contributed by atoms with E-state index in [2.05, 4.69) is 5.32 Å². The molecule has 3 N–H and O–H groups in total. The molecule has 2 aliphatic rings. The first-order valence-electron chi connectivity index (χ1n) is 6.11. The Kier molecular flexibility index (Phi) is 3.02. The van der Waals surface area contributed by atoms with Crippen molar-refractivity contribution in [2.24, 2.45) is 0 Å². The van der Waals surface area contributed by atoms with Gasteiger partial charge >= 0.3 is 0 Å². The molecule has 0 saturated carbocycles. The second-order valence-electron chi connectivity index (χ2n) is 4.72. The highest BCUT2D eigenvalue weighted by molar-refractivity contribution is 7.82. The Morgan fingerprint density at radius 2 is 2.00 bits per heavy atom. The Bertz CT molecular complexity index is 672. The number of hydrogen-bond donors (Lipinski definition) is 2. The molecule has 0 spiro atoms. The van der Waals surface area contributed by atoms with Crippen LogP contribution < -0.4 is 11.1 Å². The van der Waals surface area contributed by atoms with Crippen LogP contribution in [0, 0.1) is 0 Å². The van der Waals surface area contributed by atoms with Crippen LogP contribution in [0.3, 0.4) is 0 Å². The third-order valence-corrected chi connectivity index (χ3v) is 4.32. The van der Waals surface area contributed by atoms with Gasteiger partial charge in [0.15, 0.2) is 0 Å². The van der Waals surface area contributed by atoms with Gasteiger partial charge in [0.25, 0.3) is 0 Å². The summed E-state index contributed by atoms with van der Waals surface area (Å²) >= 11 is 10.8. The third kappa shape index (κ3) is 1.82. The van der Waals surface area contributed by atoms with Gasteiger partial charge in [-0.25, -0.2) is 0 Å². The highest BCUT2D eigenvalue weighted by Gasteiger charge is 2.40. The van der Waals surface area contributed by atoms with Crippen molar-refractivity contribution >= 4 is 51.9 Å². The zero-order chi connectivity index (χ0) is 14.4. The number of amides is 2. The van der Waals surface area contributed by atoms with Crippen LogP contribution in [0.2, 0.25) is 0 Å². The zero-order valence-corrected chi connectivity index (χ0v) is 12.0. The highest BCUT2D eigenvalue weighted by atomic mass is 32.1. The number of nitrogens with two attached hydrogens (primary N) is 1. The Balaban J connectivity index is 2.00. The molecule has 1 fully saturated rings. The van der Waals surface area contributed by atoms with Gasteiger partial charge in [-0.15, -0.1) is 0 Å². The van der Waals surface area contributed by atoms with E-state index in [-0.39, 0.29) is 18.2 Å². The molecule has 7 heteroatoms. The lowest BCUT2D eigenvalue weighted by Crippen LogP contribution is -2.53. The summed E-state index contributed by atoms with van der Waals surface area (Å²) in [7, 11) is 0. The molecule has 0 aromatic heterocycles. The Labute approximate surface area is 126 Å². The Hall–Kier alpha value is -1.86. The summed E-state index contributed by atoms with van der Waals surface area (Å²) in [4.78, 5) is 25.8. The van der Waals surface area contributed by atoms with E-state index in [9.17, 15) is 9.59 Å². The fraction of sp³-hybridized carbons (Fsp3) is 0.231. The van der Waals surface area contributed by atoms with Crippen LogP contribution in [-0.2, 0) is 9.59 Å². The molecule has 20 heavy (non-hydrogen) atoms. The standard InChI is InChI=1S/C13H11N3O2S2/c14-7-3-1-2-6-10(7)13(20)16(12(6)19)8-4-5-9(17)15-11(8)18/h1-3,8H,4-5,14H2,(H,15,17,18). The number of anilines is 1. The number of nitrogens with zero attached hydrogens (tertiary/aromatic N) is 1. The van der Waals surface area contributed by atoms with Crippen LogP contribution in [0.1, 0.15) is 24.0 Å². The molecule has 2 aliphatic heterocycles. The summed E-state index contributed by atoms with van der Waals surface area (Å²) in [5, 5.41) is 2.32. The molecule has 5 nitrogen and oxygen atoms in total. The van der Waals surface area contributed by atoms with Crippen molar-refractivity contribution in [2.45, 2.75) is 18.9 Å². The van der Waals surface area contributed by atoms with E-state index in [4.69, 9.17) is 30.2 Å². The molecule has 2 amide bonds. The maximum Gasteiger partial charge on any atom is 0.249 e. The third-order valence-electron chi connectivity index (χ3n) is 3.50. The van der Waals surface area contributed by atoms with Gasteiger partial charge in [0.2, 0.25) is 11.8 Å². The van der Waals surface area contributed by atoms with Crippen molar-refractivity contribution in [3.05, 3.63) is 29.3 Å². The molecule has 1 unspecified atom stereocenters. The number of piperidine rings is 1. The second-order valence-corrected chi connectivity index (χ2v) is 5.49. The summed E-state index contributed by atoms with van der Waals surface area (Å²) < 4.78 is 0. The number of carbonyl (C=O) groups excluding carboxylic acids is 2. The lowest BCUT2D eigenvalue weighted by molar-refractivity contribution is -0.135. The smallest absolute Gasteiger partial charge is 0.249 e. The molecule has 0 bridgehead atoms. The maximum absolute atomic E-state index is 12.0. The lowest BCUT2D eigenvalue weighted by Gasteiger charge is -2.30. The minimum atomic E-state index is -0.542. The summed E-state index contributed by atoms with van der Waals surface area (Å²) in [6, 6.07) is 4.85. The number of benzene rings is 1. The minimum Gasteiger partial charge on any atom is -0.398 e. The van der Waals surface area contributed by atoms with Crippen LogP contribution >= 0.6 is 24.4 Å². The first kappa shape index (κ1) is 13.1. The van der Waals surface area contributed by atoms with Crippen molar-refractivity contribution in [3.63, 3.8) is 0 Å². The van der Waals surface area contributed by atoms with Crippen LogP contribution in [0.4, 0.5) is 5.69 Å². The molecule has 102 valence electrons. The summed E-state index contributed by atoms with van der Waals surface area (Å²) in [6.45, 7) is 0. The monoisotopic (exact) mass is 305 g/mol. The number of hydrogen-bond acceptors (Lipinski definition) is 5. The first-order chi connectivity index (χ1) is 9.50. The van der Waals surface area contributed by atoms with Gasteiger partial charge in [-0.1, -0.05) is 36.6 Å². The van der Waals surface area contributed by atoms with Crippen molar-refractivity contribution < 1.29 is 9.59 Å². The second kappa shape index (κ2) is 4.60. The number of thiocarbonyl (C=S) groups is 2. The van der Waals surface area contributed by atoms with E-state index in [0.717, 1.165) is 5.56 Å². The van der Waals surface area contributed by atoms with Crippen molar-refractivity contribution in [3.8, 4) is 0 Å².